The average Bonchev–Trinajstić information content (AvgIpc) is 2.98. The molecule has 1 amide bonds. The van der Waals surface area contributed by atoms with E-state index >= 15 is 0 Å². The normalized spacial score (nSPS) is 10.7. The second-order valence-corrected chi connectivity index (χ2v) is 7.46. The van der Waals surface area contributed by atoms with Gasteiger partial charge in [-0.3, -0.25) is 4.79 Å². The first-order valence-corrected chi connectivity index (χ1v) is 9.73. The van der Waals surface area contributed by atoms with Gasteiger partial charge in [-0.25, -0.2) is 4.98 Å². The van der Waals surface area contributed by atoms with Gasteiger partial charge >= 0.3 is 0 Å². The van der Waals surface area contributed by atoms with E-state index in [1.165, 1.54) is 17.3 Å². The molecule has 0 radical (unpaired) electrons. The Morgan fingerprint density at radius 2 is 1.92 bits per heavy atom. The third-order valence-electron chi connectivity index (χ3n) is 3.74. The zero-order valence-corrected chi connectivity index (χ0v) is 16.4. The number of rotatable bonds is 6. The van der Waals surface area contributed by atoms with Gasteiger partial charge < -0.3 is 10.3 Å². The van der Waals surface area contributed by atoms with Crippen molar-refractivity contribution in [3.05, 3.63) is 75.5 Å². The lowest BCUT2D eigenvalue weighted by Crippen LogP contribution is -2.14. The fourth-order valence-electron chi connectivity index (χ4n) is 2.42. The second kappa shape index (κ2) is 8.62. The maximum Gasteiger partial charge on any atom is 0.234 e. The lowest BCUT2D eigenvalue weighted by atomic mass is 10.1. The molecule has 0 spiro atoms. The SMILES string of the molecule is Cc1[nH]c(SCC(=O)Nc2cccc(Cl)c2Cl)nc1Cc1ccccc1. The van der Waals surface area contributed by atoms with Crippen LogP contribution in [0, 0.1) is 6.92 Å². The Hall–Kier alpha value is -1.95. The van der Waals surface area contributed by atoms with Crippen molar-refractivity contribution in [2.24, 2.45) is 0 Å². The molecule has 0 bridgehead atoms. The van der Waals surface area contributed by atoms with Crippen LogP contribution in [0.2, 0.25) is 10.0 Å². The first-order valence-electron chi connectivity index (χ1n) is 7.99. The number of nitrogens with one attached hydrogen (secondary N) is 2. The van der Waals surface area contributed by atoms with E-state index in [4.69, 9.17) is 23.2 Å². The number of nitrogens with zero attached hydrogens (tertiary/aromatic N) is 1. The number of aromatic amines is 1. The van der Waals surface area contributed by atoms with E-state index < -0.39 is 0 Å². The van der Waals surface area contributed by atoms with E-state index in [-0.39, 0.29) is 11.7 Å². The third kappa shape index (κ3) is 4.81. The van der Waals surface area contributed by atoms with Crippen LogP contribution in [-0.4, -0.2) is 21.6 Å². The molecular formula is C19H17Cl2N3OS. The lowest BCUT2D eigenvalue weighted by Gasteiger charge is -2.07. The molecule has 0 unspecified atom stereocenters. The van der Waals surface area contributed by atoms with Crippen LogP contribution in [0.4, 0.5) is 5.69 Å². The van der Waals surface area contributed by atoms with E-state index in [1.807, 2.05) is 25.1 Å². The highest BCUT2D eigenvalue weighted by Gasteiger charge is 2.12. The average molecular weight is 406 g/mol. The molecule has 0 aliphatic heterocycles. The highest BCUT2D eigenvalue weighted by molar-refractivity contribution is 7.99. The van der Waals surface area contributed by atoms with Gasteiger partial charge in [0.2, 0.25) is 5.91 Å². The summed E-state index contributed by atoms with van der Waals surface area (Å²) in [4.78, 5) is 20.0. The number of H-pyrrole nitrogens is 1. The molecule has 4 nitrogen and oxygen atoms in total. The maximum atomic E-state index is 12.2. The number of aryl methyl sites for hydroxylation is 1. The highest BCUT2D eigenvalue weighted by Crippen LogP contribution is 2.29. The number of aromatic nitrogens is 2. The number of hydrogen-bond acceptors (Lipinski definition) is 3. The summed E-state index contributed by atoms with van der Waals surface area (Å²) in [5.74, 6) is 0.0541. The zero-order valence-electron chi connectivity index (χ0n) is 14.1. The van der Waals surface area contributed by atoms with Crippen LogP contribution in [0.3, 0.4) is 0 Å². The van der Waals surface area contributed by atoms with Crippen LogP contribution in [0.15, 0.2) is 53.7 Å². The summed E-state index contributed by atoms with van der Waals surface area (Å²) >= 11 is 13.4. The minimum atomic E-state index is -0.169. The number of benzene rings is 2. The van der Waals surface area contributed by atoms with Crippen molar-refractivity contribution in [1.82, 2.24) is 9.97 Å². The van der Waals surface area contributed by atoms with Gasteiger partial charge in [0, 0.05) is 12.1 Å². The summed E-state index contributed by atoms with van der Waals surface area (Å²) in [7, 11) is 0. The van der Waals surface area contributed by atoms with Crippen molar-refractivity contribution in [1.29, 1.82) is 0 Å². The van der Waals surface area contributed by atoms with Crippen molar-refractivity contribution in [3.8, 4) is 0 Å². The van der Waals surface area contributed by atoms with E-state index in [0.717, 1.165) is 23.0 Å². The predicted molar refractivity (Wildman–Crippen MR) is 108 cm³/mol. The number of halogens is 2. The van der Waals surface area contributed by atoms with E-state index in [2.05, 4.69) is 27.4 Å². The molecule has 0 atom stereocenters. The highest BCUT2D eigenvalue weighted by atomic mass is 35.5. The van der Waals surface area contributed by atoms with Crippen molar-refractivity contribution in [2.45, 2.75) is 18.5 Å². The van der Waals surface area contributed by atoms with E-state index in [1.54, 1.807) is 18.2 Å². The molecule has 7 heteroatoms. The van der Waals surface area contributed by atoms with Crippen molar-refractivity contribution < 1.29 is 4.79 Å². The quantitative estimate of drug-likeness (QED) is 0.543. The van der Waals surface area contributed by atoms with E-state index in [9.17, 15) is 4.79 Å². The Morgan fingerprint density at radius 1 is 1.15 bits per heavy atom. The molecule has 1 heterocycles. The molecule has 2 N–H and O–H groups in total. The standard InChI is InChI=1S/C19H17Cl2N3OS/c1-12-16(10-13-6-3-2-4-7-13)24-19(22-12)26-11-17(25)23-15-9-5-8-14(20)18(15)21/h2-9H,10-11H2,1H3,(H,22,24)(H,23,25). The molecule has 3 aromatic rings. The molecule has 0 saturated carbocycles. The Bertz CT molecular complexity index is 912. The van der Waals surface area contributed by atoms with Crippen LogP contribution in [-0.2, 0) is 11.2 Å². The van der Waals surface area contributed by atoms with Gasteiger partial charge in [0.05, 0.1) is 27.2 Å². The summed E-state index contributed by atoms with van der Waals surface area (Å²) in [6.45, 7) is 1.99. The van der Waals surface area contributed by atoms with Crippen LogP contribution in [0.5, 0.6) is 0 Å². The molecule has 0 saturated heterocycles. The van der Waals surface area contributed by atoms with Gasteiger partial charge in [0.1, 0.15) is 0 Å². The second-order valence-electron chi connectivity index (χ2n) is 5.71. The summed E-state index contributed by atoms with van der Waals surface area (Å²) in [5, 5.41) is 4.23. The molecular weight excluding hydrogens is 389 g/mol. The fourth-order valence-corrected chi connectivity index (χ4v) is 3.50. The molecule has 1 aromatic heterocycles. The minimum absolute atomic E-state index is 0.169. The Kier molecular flexibility index (Phi) is 6.25. The number of carbonyl (C=O) groups is 1. The number of hydrogen-bond donors (Lipinski definition) is 2. The molecule has 0 aliphatic rings. The monoisotopic (exact) mass is 405 g/mol. The number of thioether (sulfide) groups is 1. The smallest absolute Gasteiger partial charge is 0.234 e. The van der Waals surface area contributed by atoms with Crippen LogP contribution in [0.25, 0.3) is 0 Å². The van der Waals surface area contributed by atoms with Gasteiger partial charge in [-0.1, -0.05) is 71.4 Å². The molecule has 26 heavy (non-hydrogen) atoms. The van der Waals surface area contributed by atoms with Crippen molar-refractivity contribution in [3.63, 3.8) is 0 Å². The van der Waals surface area contributed by atoms with Crippen molar-refractivity contribution in [2.75, 3.05) is 11.1 Å². The molecule has 0 fully saturated rings. The Balaban J connectivity index is 1.59. The molecule has 3 rings (SSSR count). The van der Waals surface area contributed by atoms with Gasteiger partial charge in [0.15, 0.2) is 5.16 Å². The topological polar surface area (TPSA) is 57.8 Å². The van der Waals surface area contributed by atoms with E-state index in [0.29, 0.717) is 15.7 Å². The number of anilines is 1. The van der Waals surface area contributed by atoms with Gasteiger partial charge in [0.25, 0.3) is 0 Å². The van der Waals surface area contributed by atoms with Crippen molar-refractivity contribution >= 4 is 46.6 Å². The Labute approximate surface area is 166 Å². The predicted octanol–water partition coefficient (Wildman–Crippen LogP) is 5.35. The maximum absolute atomic E-state index is 12.2. The van der Waals surface area contributed by atoms with Crippen LogP contribution >= 0.6 is 35.0 Å². The first-order chi connectivity index (χ1) is 12.5. The summed E-state index contributed by atoms with van der Waals surface area (Å²) in [5.41, 5.74) is 3.70. The lowest BCUT2D eigenvalue weighted by molar-refractivity contribution is -0.113. The number of carbonyl (C=O) groups excluding carboxylic acids is 1. The van der Waals surface area contributed by atoms with Gasteiger partial charge in [-0.05, 0) is 24.6 Å². The molecule has 134 valence electrons. The molecule has 0 aliphatic carbocycles. The van der Waals surface area contributed by atoms with Crippen LogP contribution in [0.1, 0.15) is 17.0 Å². The molecule has 2 aromatic carbocycles. The number of amides is 1. The first kappa shape index (κ1) is 18.8. The Morgan fingerprint density at radius 3 is 2.69 bits per heavy atom. The largest absolute Gasteiger partial charge is 0.337 e. The summed E-state index contributed by atoms with van der Waals surface area (Å²) < 4.78 is 0. The minimum Gasteiger partial charge on any atom is -0.337 e. The number of imidazole rings is 1. The van der Waals surface area contributed by atoms with Crippen LogP contribution < -0.4 is 5.32 Å². The third-order valence-corrected chi connectivity index (χ3v) is 5.44. The van der Waals surface area contributed by atoms with Gasteiger partial charge in [-0.15, -0.1) is 0 Å². The van der Waals surface area contributed by atoms with Gasteiger partial charge in [-0.2, -0.15) is 0 Å². The zero-order chi connectivity index (χ0) is 18.5. The fraction of sp³-hybridized carbons (Fsp3) is 0.158. The summed E-state index contributed by atoms with van der Waals surface area (Å²) in [6.07, 6.45) is 0.758. The summed E-state index contributed by atoms with van der Waals surface area (Å²) in [6, 6.07) is 15.3.